The summed E-state index contributed by atoms with van der Waals surface area (Å²) in [6.07, 6.45) is -9.15. The van der Waals surface area contributed by atoms with Crippen LogP contribution in [0.15, 0.2) is 12.1 Å². The van der Waals surface area contributed by atoms with Crippen molar-refractivity contribution in [3.05, 3.63) is 17.8 Å². The molecule has 0 bridgehead atoms. The molecule has 0 fully saturated rings. The van der Waals surface area contributed by atoms with Gasteiger partial charge in [-0.05, 0) is 12.1 Å². The number of nitrogens with zero attached hydrogens (tertiary/aromatic N) is 3. The molecule has 108 valence electrons. The standard InChI is InChI=1S/C9H8BrF6N3/c10-3-4-19(5-8(11,12)13)7-2-1-6(17-18-7)9(14,15)16/h1-2H,3-5H2. The first kappa shape index (κ1) is 16.0. The van der Waals surface area contributed by atoms with E-state index in [2.05, 4.69) is 26.1 Å². The van der Waals surface area contributed by atoms with E-state index in [4.69, 9.17) is 0 Å². The topological polar surface area (TPSA) is 29.0 Å². The number of alkyl halides is 7. The van der Waals surface area contributed by atoms with Gasteiger partial charge in [-0.2, -0.15) is 26.3 Å². The maximum atomic E-state index is 12.3. The molecule has 19 heavy (non-hydrogen) atoms. The van der Waals surface area contributed by atoms with E-state index in [1.54, 1.807) is 0 Å². The minimum absolute atomic E-state index is 0.0560. The molecule has 1 aromatic heterocycles. The van der Waals surface area contributed by atoms with Gasteiger partial charge in [0.2, 0.25) is 0 Å². The van der Waals surface area contributed by atoms with Gasteiger partial charge in [-0.15, -0.1) is 10.2 Å². The van der Waals surface area contributed by atoms with Gasteiger partial charge in [0.1, 0.15) is 6.54 Å². The van der Waals surface area contributed by atoms with Crippen molar-refractivity contribution in [2.75, 3.05) is 23.3 Å². The number of aromatic nitrogens is 2. The highest BCUT2D eigenvalue weighted by atomic mass is 79.9. The molecule has 1 heterocycles. The maximum absolute atomic E-state index is 12.3. The molecule has 3 nitrogen and oxygen atoms in total. The fourth-order valence-corrected chi connectivity index (χ4v) is 1.67. The first-order valence-corrected chi connectivity index (χ1v) is 6.04. The van der Waals surface area contributed by atoms with E-state index in [1.807, 2.05) is 0 Å². The second-order valence-corrected chi connectivity index (χ2v) is 4.29. The SMILES string of the molecule is FC(F)(F)CN(CCBr)c1ccc(C(F)(F)F)nn1. The Kier molecular flexibility index (Phi) is 4.99. The van der Waals surface area contributed by atoms with Crippen molar-refractivity contribution in [2.24, 2.45) is 0 Å². The summed E-state index contributed by atoms with van der Waals surface area (Å²) in [5, 5.41) is 6.28. The van der Waals surface area contributed by atoms with Gasteiger partial charge in [0.05, 0.1) is 0 Å². The molecule has 0 atom stereocenters. The van der Waals surface area contributed by atoms with Crippen LogP contribution in [0.4, 0.5) is 32.2 Å². The average Bonchev–Trinajstić information content (AvgIpc) is 2.26. The Morgan fingerprint density at radius 2 is 1.68 bits per heavy atom. The number of halogens is 7. The second kappa shape index (κ2) is 5.93. The Balaban J connectivity index is 2.91. The van der Waals surface area contributed by atoms with Gasteiger partial charge in [-0.1, -0.05) is 15.9 Å². The third-order valence-corrected chi connectivity index (χ3v) is 2.34. The van der Waals surface area contributed by atoms with E-state index >= 15 is 0 Å². The molecular formula is C9H8BrF6N3. The Morgan fingerprint density at radius 1 is 1.05 bits per heavy atom. The van der Waals surface area contributed by atoms with Crippen LogP contribution in [-0.2, 0) is 6.18 Å². The maximum Gasteiger partial charge on any atom is 0.435 e. The van der Waals surface area contributed by atoms with Crippen molar-refractivity contribution < 1.29 is 26.3 Å². The third kappa shape index (κ3) is 5.21. The van der Waals surface area contributed by atoms with Crippen molar-refractivity contribution in [1.82, 2.24) is 10.2 Å². The van der Waals surface area contributed by atoms with Crippen molar-refractivity contribution in [3.8, 4) is 0 Å². The summed E-state index contributed by atoms with van der Waals surface area (Å²) in [7, 11) is 0. The summed E-state index contributed by atoms with van der Waals surface area (Å²) in [6.45, 7) is -1.36. The minimum Gasteiger partial charge on any atom is -0.345 e. The lowest BCUT2D eigenvalue weighted by molar-refractivity contribution is -0.141. The molecule has 0 aliphatic heterocycles. The molecule has 0 amide bonds. The van der Waals surface area contributed by atoms with Gasteiger partial charge in [0.15, 0.2) is 11.5 Å². The van der Waals surface area contributed by atoms with Crippen LogP contribution < -0.4 is 4.90 Å². The summed E-state index contributed by atoms with van der Waals surface area (Å²) in [5.74, 6) is -0.259. The largest absolute Gasteiger partial charge is 0.435 e. The highest BCUT2D eigenvalue weighted by Crippen LogP contribution is 2.28. The van der Waals surface area contributed by atoms with Crippen LogP contribution in [0, 0.1) is 0 Å². The molecule has 0 unspecified atom stereocenters. The van der Waals surface area contributed by atoms with Crippen molar-refractivity contribution >= 4 is 21.7 Å². The zero-order valence-corrected chi connectivity index (χ0v) is 10.8. The smallest absolute Gasteiger partial charge is 0.345 e. The van der Waals surface area contributed by atoms with E-state index in [-0.39, 0.29) is 17.7 Å². The van der Waals surface area contributed by atoms with Crippen LogP contribution >= 0.6 is 15.9 Å². The van der Waals surface area contributed by atoms with E-state index in [9.17, 15) is 26.3 Å². The van der Waals surface area contributed by atoms with Crippen LogP contribution in [-0.4, -0.2) is 34.8 Å². The lowest BCUT2D eigenvalue weighted by Crippen LogP contribution is -2.36. The highest BCUT2D eigenvalue weighted by Gasteiger charge is 2.34. The van der Waals surface area contributed by atoms with Crippen LogP contribution in [0.1, 0.15) is 5.69 Å². The molecule has 0 N–H and O–H groups in total. The van der Waals surface area contributed by atoms with Crippen LogP contribution in [0.5, 0.6) is 0 Å². The van der Waals surface area contributed by atoms with Crippen LogP contribution in [0.25, 0.3) is 0 Å². The van der Waals surface area contributed by atoms with Gasteiger partial charge >= 0.3 is 12.4 Å². The summed E-state index contributed by atoms with van der Waals surface area (Å²) in [4.78, 5) is 0.794. The quantitative estimate of drug-likeness (QED) is 0.615. The summed E-state index contributed by atoms with van der Waals surface area (Å²) >= 11 is 2.96. The molecule has 0 aliphatic rings. The Bertz CT molecular complexity index is 402. The van der Waals surface area contributed by atoms with Gasteiger partial charge in [0.25, 0.3) is 0 Å². The van der Waals surface area contributed by atoms with Gasteiger partial charge in [-0.25, -0.2) is 0 Å². The number of anilines is 1. The summed E-state index contributed by atoms with van der Waals surface area (Å²) < 4.78 is 73.6. The van der Waals surface area contributed by atoms with Gasteiger partial charge < -0.3 is 4.90 Å². The fourth-order valence-electron chi connectivity index (χ4n) is 1.24. The second-order valence-electron chi connectivity index (χ2n) is 3.50. The van der Waals surface area contributed by atoms with Crippen LogP contribution in [0.2, 0.25) is 0 Å². The Hall–Kier alpha value is -1.06. The number of hydrogen-bond acceptors (Lipinski definition) is 3. The molecule has 0 saturated carbocycles. The van der Waals surface area contributed by atoms with Crippen LogP contribution in [0.3, 0.4) is 0 Å². The summed E-state index contributed by atoms with van der Waals surface area (Å²) in [5.41, 5.74) is -1.25. The zero-order valence-electron chi connectivity index (χ0n) is 9.26. The molecule has 0 radical (unpaired) electrons. The molecule has 0 saturated heterocycles. The van der Waals surface area contributed by atoms with E-state index in [0.29, 0.717) is 6.07 Å². The zero-order chi connectivity index (χ0) is 14.7. The van der Waals surface area contributed by atoms with Crippen molar-refractivity contribution in [1.29, 1.82) is 0 Å². The lowest BCUT2D eigenvalue weighted by Gasteiger charge is -2.23. The van der Waals surface area contributed by atoms with E-state index < -0.39 is 24.6 Å². The van der Waals surface area contributed by atoms with Gasteiger partial charge in [0, 0.05) is 11.9 Å². The number of hydrogen-bond donors (Lipinski definition) is 0. The number of rotatable bonds is 4. The molecule has 1 rings (SSSR count). The summed E-state index contributed by atoms with van der Waals surface area (Å²) in [6, 6.07) is 1.46. The molecule has 0 aliphatic carbocycles. The predicted molar refractivity (Wildman–Crippen MR) is 59.1 cm³/mol. The van der Waals surface area contributed by atoms with Crippen molar-refractivity contribution in [3.63, 3.8) is 0 Å². The monoisotopic (exact) mass is 351 g/mol. The molecular weight excluding hydrogens is 344 g/mol. The molecule has 0 aromatic carbocycles. The Labute approximate surface area is 112 Å². The minimum atomic E-state index is -4.67. The van der Waals surface area contributed by atoms with Crippen molar-refractivity contribution in [2.45, 2.75) is 12.4 Å². The van der Waals surface area contributed by atoms with Gasteiger partial charge in [-0.3, -0.25) is 0 Å². The highest BCUT2D eigenvalue weighted by molar-refractivity contribution is 9.09. The molecule has 0 spiro atoms. The predicted octanol–water partition coefficient (Wildman–Crippen LogP) is 3.26. The lowest BCUT2D eigenvalue weighted by atomic mass is 10.3. The third-order valence-electron chi connectivity index (χ3n) is 1.99. The molecule has 1 aromatic rings. The first-order valence-electron chi connectivity index (χ1n) is 4.92. The van der Waals surface area contributed by atoms with E-state index in [0.717, 1.165) is 11.0 Å². The average molecular weight is 352 g/mol. The molecule has 10 heteroatoms. The Morgan fingerprint density at radius 3 is 2.05 bits per heavy atom. The normalized spacial score (nSPS) is 12.6. The van der Waals surface area contributed by atoms with E-state index in [1.165, 1.54) is 0 Å². The first-order chi connectivity index (χ1) is 8.63. The fraction of sp³-hybridized carbons (Fsp3) is 0.556.